The average molecular weight is 310 g/mol. The van der Waals surface area contributed by atoms with Crippen LogP contribution < -0.4 is 10.1 Å². The topological polar surface area (TPSA) is 21.3 Å². The van der Waals surface area contributed by atoms with Crippen molar-refractivity contribution in [3.8, 4) is 5.75 Å². The summed E-state index contributed by atoms with van der Waals surface area (Å²) in [6.07, 6.45) is 0. The molecule has 0 bridgehead atoms. The molecule has 4 heteroatoms. The fourth-order valence-electron chi connectivity index (χ4n) is 1.98. The van der Waals surface area contributed by atoms with Gasteiger partial charge < -0.3 is 10.1 Å². The lowest BCUT2D eigenvalue weighted by Crippen LogP contribution is -2.12. The molecule has 2 aromatic carbocycles. The Morgan fingerprint density at radius 3 is 2.35 bits per heavy atom. The molecule has 0 radical (unpaired) electrons. The third-order valence-electron chi connectivity index (χ3n) is 3.01. The molecule has 0 aliphatic rings. The Hall–Kier alpha value is -1.38. The van der Waals surface area contributed by atoms with E-state index < -0.39 is 0 Å². The van der Waals surface area contributed by atoms with E-state index in [0.29, 0.717) is 23.2 Å². The molecule has 0 aliphatic carbocycles. The van der Waals surface area contributed by atoms with E-state index in [2.05, 4.69) is 31.3 Å². The molecule has 0 aliphatic heterocycles. The molecule has 0 saturated carbocycles. The minimum atomic E-state index is 0.548. The van der Waals surface area contributed by atoms with E-state index >= 15 is 0 Å². The van der Waals surface area contributed by atoms with Gasteiger partial charge in [0.2, 0.25) is 0 Å². The van der Waals surface area contributed by atoms with Gasteiger partial charge in [0.25, 0.3) is 0 Å². The van der Waals surface area contributed by atoms with Crippen LogP contribution in [0.1, 0.15) is 11.1 Å². The van der Waals surface area contributed by atoms with Gasteiger partial charge in [-0.1, -0.05) is 41.4 Å². The number of halogens is 2. The van der Waals surface area contributed by atoms with E-state index in [0.717, 1.165) is 22.6 Å². The highest BCUT2D eigenvalue weighted by Crippen LogP contribution is 2.25. The number of hydrogen-bond acceptors (Lipinski definition) is 2. The molecule has 0 amide bonds. The van der Waals surface area contributed by atoms with E-state index in [-0.39, 0.29) is 0 Å². The van der Waals surface area contributed by atoms with Crippen LogP contribution in [0.4, 0.5) is 5.69 Å². The summed E-state index contributed by atoms with van der Waals surface area (Å²) >= 11 is 11.8. The lowest BCUT2D eigenvalue weighted by Gasteiger charge is -2.13. The lowest BCUT2D eigenvalue weighted by atomic mass is 10.1. The Bertz CT molecular complexity index is 579. The highest BCUT2D eigenvalue weighted by atomic mass is 35.5. The van der Waals surface area contributed by atoms with Crippen molar-refractivity contribution in [2.75, 3.05) is 18.5 Å². The summed E-state index contributed by atoms with van der Waals surface area (Å²) in [5.74, 6) is 0.962. The van der Waals surface area contributed by atoms with Crippen molar-refractivity contribution in [3.05, 3.63) is 57.6 Å². The number of anilines is 1. The van der Waals surface area contributed by atoms with Gasteiger partial charge in [0.15, 0.2) is 0 Å². The van der Waals surface area contributed by atoms with E-state index in [1.807, 2.05) is 18.2 Å². The minimum Gasteiger partial charge on any atom is -0.491 e. The van der Waals surface area contributed by atoms with Gasteiger partial charge in [-0.15, -0.1) is 0 Å². The molecule has 106 valence electrons. The zero-order valence-electron chi connectivity index (χ0n) is 11.5. The number of aryl methyl sites for hydroxylation is 2. The molecule has 0 saturated heterocycles. The Labute approximate surface area is 129 Å². The van der Waals surface area contributed by atoms with Crippen molar-refractivity contribution in [2.45, 2.75) is 13.8 Å². The minimum absolute atomic E-state index is 0.548. The summed E-state index contributed by atoms with van der Waals surface area (Å²) in [5.41, 5.74) is 3.24. The molecule has 0 fully saturated rings. The SMILES string of the molecule is Cc1cccc(C)c1OCCNc1ccc(Cl)c(Cl)c1. The zero-order chi connectivity index (χ0) is 14.5. The van der Waals surface area contributed by atoms with Gasteiger partial charge in [-0.2, -0.15) is 0 Å². The van der Waals surface area contributed by atoms with Crippen molar-refractivity contribution < 1.29 is 4.74 Å². The number of hydrogen-bond donors (Lipinski definition) is 1. The average Bonchev–Trinajstić information content (AvgIpc) is 2.41. The summed E-state index contributed by atoms with van der Waals surface area (Å²) < 4.78 is 5.82. The zero-order valence-corrected chi connectivity index (χ0v) is 13.1. The molecular formula is C16H17Cl2NO. The molecule has 0 atom stereocenters. The number of benzene rings is 2. The molecule has 2 aromatic rings. The third-order valence-corrected chi connectivity index (χ3v) is 3.74. The fourth-order valence-corrected chi connectivity index (χ4v) is 2.28. The van der Waals surface area contributed by atoms with Crippen molar-refractivity contribution in [3.63, 3.8) is 0 Å². The number of nitrogens with one attached hydrogen (secondary N) is 1. The highest BCUT2D eigenvalue weighted by molar-refractivity contribution is 6.42. The number of ether oxygens (including phenoxy) is 1. The predicted molar refractivity (Wildman–Crippen MR) is 86.4 cm³/mol. The second-order valence-electron chi connectivity index (χ2n) is 4.63. The summed E-state index contributed by atoms with van der Waals surface area (Å²) in [5, 5.41) is 4.36. The monoisotopic (exact) mass is 309 g/mol. The number of para-hydroxylation sites is 1. The summed E-state index contributed by atoms with van der Waals surface area (Å²) in [4.78, 5) is 0. The second kappa shape index (κ2) is 6.87. The lowest BCUT2D eigenvalue weighted by molar-refractivity contribution is 0.328. The van der Waals surface area contributed by atoms with Gasteiger partial charge in [0.1, 0.15) is 12.4 Å². The predicted octanol–water partition coefficient (Wildman–Crippen LogP) is 5.10. The Balaban J connectivity index is 1.86. The molecule has 1 N–H and O–H groups in total. The molecule has 2 rings (SSSR count). The smallest absolute Gasteiger partial charge is 0.125 e. The fraction of sp³-hybridized carbons (Fsp3) is 0.250. The molecule has 0 unspecified atom stereocenters. The summed E-state index contributed by atoms with van der Waals surface area (Å²) in [6, 6.07) is 11.6. The maximum Gasteiger partial charge on any atom is 0.125 e. The Morgan fingerprint density at radius 1 is 1.00 bits per heavy atom. The van der Waals surface area contributed by atoms with Crippen LogP contribution >= 0.6 is 23.2 Å². The standard InChI is InChI=1S/C16H17Cl2NO/c1-11-4-3-5-12(2)16(11)20-9-8-19-13-6-7-14(17)15(18)10-13/h3-7,10,19H,8-9H2,1-2H3. The third kappa shape index (κ3) is 3.81. The van der Waals surface area contributed by atoms with Gasteiger partial charge in [-0.3, -0.25) is 0 Å². The van der Waals surface area contributed by atoms with Crippen LogP contribution in [0.5, 0.6) is 5.75 Å². The Kier molecular flexibility index (Phi) is 5.16. The molecule has 0 spiro atoms. The quantitative estimate of drug-likeness (QED) is 0.776. The first kappa shape index (κ1) is 15.0. The maximum absolute atomic E-state index is 5.96. The first-order chi connectivity index (χ1) is 9.58. The first-order valence-corrected chi connectivity index (χ1v) is 7.21. The van der Waals surface area contributed by atoms with Crippen LogP contribution in [0.3, 0.4) is 0 Å². The van der Waals surface area contributed by atoms with E-state index in [1.54, 1.807) is 6.07 Å². The van der Waals surface area contributed by atoms with Crippen molar-refractivity contribution in [2.24, 2.45) is 0 Å². The second-order valence-corrected chi connectivity index (χ2v) is 5.44. The molecule has 0 aromatic heterocycles. The van der Waals surface area contributed by atoms with Gasteiger partial charge in [-0.25, -0.2) is 0 Å². The van der Waals surface area contributed by atoms with Crippen LogP contribution in [0.2, 0.25) is 10.0 Å². The molecule has 0 heterocycles. The Morgan fingerprint density at radius 2 is 1.70 bits per heavy atom. The van der Waals surface area contributed by atoms with Crippen molar-refractivity contribution in [1.82, 2.24) is 0 Å². The van der Waals surface area contributed by atoms with Crippen LogP contribution in [0.25, 0.3) is 0 Å². The summed E-state index contributed by atoms with van der Waals surface area (Å²) in [6.45, 7) is 5.39. The van der Waals surface area contributed by atoms with Crippen molar-refractivity contribution >= 4 is 28.9 Å². The normalized spacial score (nSPS) is 10.4. The van der Waals surface area contributed by atoms with Crippen LogP contribution in [0.15, 0.2) is 36.4 Å². The molecule has 20 heavy (non-hydrogen) atoms. The van der Waals surface area contributed by atoms with Gasteiger partial charge in [0, 0.05) is 12.2 Å². The van der Waals surface area contributed by atoms with Crippen LogP contribution in [-0.2, 0) is 0 Å². The first-order valence-electron chi connectivity index (χ1n) is 6.46. The van der Waals surface area contributed by atoms with Gasteiger partial charge in [0.05, 0.1) is 10.0 Å². The van der Waals surface area contributed by atoms with E-state index in [4.69, 9.17) is 27.9 Å². The van der Waals surface area contributed by atoms with Crippen molar-refractivity contribution in [1.29, 1.82) is 0 Å². The van der Waals surface area contributed by atoms with Gasteiger partial charge in [-0.05, 0) is 43.2 Å². The number of rotatable bonds is 5. The van der Waals surface area contributed by atoms with E-state index in [1.165, 1.54) is 0 Å². The molecular weight excluding hydrogens is 293 g/mol. The summed E-state index contributed by atoms with van der Waals surface area (Å²) in [7, 11) is 0. The maximum atomic E-state index is 5.96. The van der Waals surface area contributed by atoms with E-state index in [9.17, 15) is 0 Å². The highest BCUT2D eigenvalue weighted by Gasteiger charge is 2.03. The van der Waals surface area contributed by atoms with Crippen LogP contribution in [-0.4, -0.2) is 13.2 Å². The van der Waals surface area contributed by atoms with Crippen LogP contribution in [0, 0.1) is 13.8 Å². The van der Waals surface area contributed by atoms with Gasteiger partial charge >= 0.3 is 0 Å². The largest absolute Gasteiger partial charge is 0.491 e. The molecule has 2 nitrogen and oxygen atoms in total.